The molecule has 1 saturated carbocycles. The first-order valence-corrected chi connectivity index (χ1v) is 37.5. The van der Waals surface area contributed by atoms with Crippen LogP contribution in [0.4, 0.5) is 60.5 Å². The Kier molecular flexibility index (Phi) is 29.4. The van der Waals surface area contributed by atoms with E-state index in [1.165, 1.54) is 31.1 Å². The first-order valence-electron chi connectivity index (χ1n) is 37.5. The number of ether oxygens (including phenoxy) is 10. The van der Waals surface area contributed by atoms with Crippen molar-refractivity contribution in [2.24, 2.45) is 0 Å². The van der Waals surface area contributed by atoms with Crippen LogP contribution in [-0.2, 0) is 90.8 Å². The van der Waals surface area contributed by atoms with Gasteiger partial charge < -0.3 is 72.7 Å². The minimum atomic E-state index is -4.90. The second kappa shape index (κ2) is 39.4. The zero-order chi connectivity index (χ0) is 85.2. The third-order valence-corrected chi connectivity index (χ3v) is 19.7. The SMILES string of the molecule is COC(=O)c1cc2c(cc1C(F)(F)F)O[C@@H](Cc1ccc(OC)cc1)C(=O)C2.COC(=O)c1cc2c(cc1C(F)(F)F)O[C@@H](Cc1ccc(OC)cc1)C(=O)N2CCNC(=O)OCc1ccccc1.COc1ccc(C[C@@H]2Oc3cc(C(F)(F)F)c(C(=O)N(C(C)C)C4CCCCC4)cc3N(CCNC(=O)OCc3ccccc3)C2=O)cc1. The number of nitrogens with one attached hydrogen (secondary N) is 2. The summed E-state index contributed by atoms with van der Waals surface area (Å²) in [5.74, 6) is -3.09. The quantitative estimate of drug-likeness (QED) is 0.0323. The Morgan fingerprint density at radius 3 is 1.20 bits per heavy atom. The summed E-state index contributed by atoms with van der Waals surface area (Å²) >= 11 is 0. The Labute approximate surface area is 673 Å². The van der Waals surface area contributed by atoms with Crippen LogP contribution in [0.2, 0.25) is 0 Å². The lowest BCUT2D eigenvalue weighted by Gasteiger charge is -2.39. The molecule has 0 spiro atoms. The molecule has 1 aliphatic carbocycles. The number of carbonyl (C=O) groups is 8. The predicted molar refractivity (Wildman–Crippen MR) is 411 cm³/mol. The molecule has 118 heavy (non-hydrogen) atoms. The van der Waals surface area contributed by atoms with Crippen LogP contribution in [0.3, 0.4) is 0 Å². The van der Waals surface area contributed by atoms with E-state index in [-0.39, 0.29) is 117 Å². The molecule has 5 amide bonds. The van der Waals surface area contributed by atoms with Crippen molar-refractivity contribution in [3.63, 3.8) is 0 Å². The van der Waals surface area contributed by atoms with Gasteiger partial charge in [0.2, 0.25) is 0 Å². The number of ketones is 1. The van der Waals surface area contributed by atoms with Gasteiger partial charge in [-0.2, -0.15) is 39.5 Å². The number of halogens is 9. The molecule has 1 fully saturated rings. The van der Waals surface area contributed by atoms with Crippen LogP contribution in [-0.4, -0.2) is 145 Å². The number of methoxy groups -OCH3 is 5. The summed E-state index contributed by atoms with van der Waals surface area (Å²) < 4.78 is 178. The molecule has 12 rings (SSSR count). The fourth-order valence-electron chi connectivity index (χ4n) is 13.8. The van der Waals surface area contributed by atoms with Gasteiger partial charge in [-0.1, -0.05) is 116 Å². The molecule has 3 aliphatic heterocycles. The van der Waals surface area contributed by atoms with Crippen molar-refractivity contribution in [3.8, 4) is 34.5 Å². The molecule has 0 saturated heterocycles. The number of rotatable bonds is 24. The molecule has 8 aromatic carbocycles. The van der Waals surface area contributed by atoms with Crippen LogP contribution in [0.25, 0.3) is 0 Å². The van der Waals surface area contributed by atoms with Gasteiger partial charge in [0.25, 0.3) is 17.7 Å². The van der Waals surface area contributed by atoms with E-state index in [1.807, 2.05) is 36.4 Å². The van der Waals surface area contributed by atoms with E-state index in [0.717, 1.165) is 80.5 Å². The van der Waals surface area contributed by atoms with Crippen molar-refractivity contribution >= 4 is 59.0 Å². The van der Waals surface area contributed by atoms with Crippen molar-refractivity contribution in [1.29, 1.82) is 0 Å². The molecule has 626 valence electrons. The first-order chi connectivity index (χ1) is 56.3. The van der Waals surface area contributed by atoms with Gasteiger partial charge in [0, 0.05) is 69.5 Å². The lowest BCUT2D eigenvalue weighted by molar-refractivity contribution is -0.139. The average Bonchev–Trinajstić information content (AvgIpc) is 0.758. The molecule has 2 N–H and O–H groups in total. The van der Waals surface area contributed by atoms with E-state index in [9.17, 15) is 77.9 Å². The molecule has 0 bridgehead atoms. The summed E-state index contributed by atoms with van der Waals surface area (Å²) in [6, 6.07) is 43.5. The standard InChI is InChI=1S/C37H42F3N3O6.C29H27F3N2O7.C20H17F3O5/c1-24(2)43(27-12-8-5-9-13-27)34(44)29-21-31-32(22-30(29)37(38,39)40)49-33(20-25-14-16-28(47-3)17-15-25)35(45)42(31)19-18-41-36(46)48-23-26-10-6-4-7-11-26;1-38-20-10-8-18(9-11-20)14-25-26(35)34(13-12-33-28(37)40-17-19-6-4-3-5-7-19)23-15-21(27(36)39-2)22(29(30,31)32)16-24(23)41-25;1-26-13-5-3-11(4-6-13)7-18-16(24)9-12-8-14(19(25)27-2)15(20(21,22)23)10-17(12)28-18/h4,6-7,10-11,14-17,21-22,24,27,33H,5,8-9,12-13,18-20,23H2,1-3H3,(H,41,46);3-11,15-16,25H,12-14,17H2,1-2H3,(H,33,37);3-6,8,10,18H,7,9H2,1-2H3/t33-;25-;18-/m000/s1. The van der Waals surface area contributed by atoms with Gasteiger partial charge >= 0.3 is 42.7 Å². The summed E-state index contributed by atoms with van der Waals surface area (Å²) in [5, 5.41) is 5.14. The fraction of sp³-hybridized carbons (Fsp3) is 0.349. The fourth-order valence-corrected chi connectivity index (χ4v) is 13.8. The summed E-state index contributed by atoms with van der Waals surface area (Å²) in [6.45, 7) is 3.24. The van der Waals surface area contributed by atoms with Gasteiger partial charge in [0.1, 0.15) is 47.7 Å². The van der Waals surface area contributed by atoms with Gasteiger partial charge in [-0.15, -0.1) is 0 Å². The van der Waals surface area contributed by atoms with Gasteiger partial charge in [0.15, 0.2) is 24.1 Å². The van der Waals surface area contributed by atoms with E-state index < -0.39 is 112 Å². The summed E-state index contributed by atoms with van der Waals surface area (Å²) in [7, 11) is 6.51. The molecule has 0 aromatic heterocycles. The third-order valence-electron chi connectivity index (χ3n) is 19.7. The topological polar surface area (TPSA) is 263 Å². The molecule has 23 nitrogen and oxygen atoms in total. The molecule has 8 aromatic rings. The third kappa shape index (κ3) is 22.6. The largest absolute Gasteiger partial charge is 0.497 e. The van der Waals surface area contributed by atoms with Crippen molar-refractivity contribution in [1.82, 2.24) is 15.5 Å². The van der Waals surface area contributed by atoms with Crippen LogP contribution in [0.15, 0.2) is 170 Å². The van der Waals surface area contributed by atoms with Gasteiger partial charge in [-0.25, -0.2) is 19.2 Å². The van der Waals surface area contributed by atoms with E-state index >= 15 is 0 Å². The molecular formula is C86H86F9N5O18. The van der Waals surface area contributed by atoms with Gasteiger partial charge in [-0.3, -0.25) is 19.2 Å². The molecule has 3 heterocycles. The lowest BCUT2D eigenvalue weighted by atomic mass is 9.92. The Morgan fingerprint density at radius 1 is 0.458 bits per heavy atom. The predicted octanol–water partition coefficient (Wildman–Crippen LogP) is 15.5. The van der Waals surface area contributed by atoms with E-state index in [2.05, 4.69) is 20.1 Å². The molecule has 32 heteroatoms. The van der Waals surface area contributed by atoms with Crippen LogP contribution < -0.4 is 48.9 Å². The normalized spacial score (nSPS) is 15.7. The smallest absolute Gasteiger partial charge is 0.417 e. The summed E-state index contributed by atoms with van der Waals surface area (Å²) in [6.07, 6.45) is -14.8. The maximum atomic E-state index is 14.7. The van der Waals surface area contributed by atoms with Crippen molar-refractivity contribution in [2.45, 2.75) is 134 Å². The van der Waals surface area contributed by atoms with Gasteiger partial charge in [0.05, 0.1) is 80.3 Å². The molecule has 0 unspecified atom stereocenters. The van der Waals surface area contributed by atoms with Crippen molar-refractivity contribution < 1.29 is 125 Å². The first kappa shape index (κ1) is 87.9. The zero-order valence-electron chi connectivity index (χ0n) is 65.3. The Balaban J connectivity index is 0.000000193. The Morgan fingerprint density at radius 2 is 0.822 bits per heavy atom. The average molecular weight is 1650 g/mol. The molecular weight excluding hydrogens is 1560 g/mol. The minimum Gasteiger partial charge on any atom is -0.497 e. The highest BCUT2D eigenvalue weighted by Crippen LogP contribution is 2.46. The molecule has 4 aliphatic rings. The van der Waals surface area contributed by atoms with Crippen molar-refractivity contribution in [3.05, 3.63) is 237 Å². The summed E-state index contributed by atoms with van der Waals surface area (Å²) in [4.78, 5) is 107. The highest BCUT2D eigenvalue weighted by atomic mass is 19.4. The number of esters is 2. The van der Waals surface area contributed by atoms with E-state index in [4.69, 9.17) is 37.9 Å². The number of carbonyl (C=O) groups excluding carboxylic acids is 8. The summed E-state index contributed by atoms with van der Waals surface area (Å²) in [5.41, 5.74) is -1.59. The number of alkyl carbamates (subject to hydrolysis) is 2. The number of hydrogen-bond acceptors (Lipinski definition) is 18. The number of anilines is 2. The number of alkyl halides is 9. The number of Topliss-reactive ketones (excluding diaryl/α,β-unsaturated/α-hetero) is 1. The second-order valence-electron chi connectivity index (χ2n) is 27.9. The van der Waals surface area contributed by atoms with Gasteiger partial charge in [-0.05, 0) is 127 Å². The Bertz CT molecular complexity index is 4850. The highest BCUT2D eigenvalue weighted by Gasteiger charge is 2.46. The number of amides is 5. The zero-order valence-corrected chi connectivity index (χ0v) is 65.3. The number of hydrogen-bond donors (Lipinski definition) is 2. The number of benzene rings is 8. The van der Waals surface area contributed by atoms with Crippen LogP contribution in [0.1, 0.15) is 127 Å². The number of nitrogens with zero attached hydrogens (tertiary/aromatic N) is 3. The van der Waals surface area contributed by atoms with Crippen LogP contribution in [0, 0.1) is 0 Å². The minimum absolute atomic E-state index is 0.0264. The van der Waals surface area contributed by atoms with E-state index in [1.54, 1.807) is 116 Å². The molecule has 3 atom stereocenters. The maximum Gasteiger partial charge on any atom is 0.417 e. The number of fused-ring (bicyclic) bond motifs is 3. The van der Waals surface area contributed by atoms with Crippen LogP contribution >= 0.6 is 0 Å². The highest BCUT2D eigenvalue weighted by molar-refractivity contribution is 6.05. The molecule has 0 radical (unpaired) electrons. The maximum absolute atomic E-state index is 14.7. The second-order valence-corrected chi connectivity index (χ2v) is 27.9. The lowest BCUT2D eigenvalue weighted by Crippen LogP contribution is -2.50. The van der Waals surface area contributed by atoms with Crippen molar-refractivity contribution in [2.75, 3.05) is 71.5 Å². The van der Waals surface area contributed by atoms with E-state index in [0.29, 0.717) is 47.3 Å². The monoisotopic (exact) mass is 1650 g/mol. The van der Waals surface area contributed by atoms with Crippen LogP contribution in [0.5, 0.6) is 34.5 Å². The Hall–Kier alpha value is -12.5.